The molecule has 0 bridgehead atoms. The number of hydrogen-bond acceptors (Lipinski definition) is 3. The van der Waals surface area contributed by atoms with E-state index in [1.165, 1.54) is 19.3 Å². The Hall–Kier alpha value is -1.85. The Morgan fingerprint density at radius 3 is 2.64 bits per heavy atom. The molecule has 0 aromatic carbocycles. The van der Waals surface area contributed by atoms with E-state index in [0.717, 1.165) is 49.4 Å². The Balaban J connectivity index is 1.88. The lowest BCUT2D eigenvalue weighted by Crippen LogP contribution is -2.67. The molecule has 1 aliphatic heterocycles. The van der Waals surface area contributed by atoms with Crippen molar-refractivity contribution in [1.82, 2.24) is 24.7 Å². The molecule has 2 aromatic rings. The fourth-order valence-electron chi connectivity index (χ4n) is 4.12. The van der Waals surface area contributed by atoms with Crippen LogP contribution in [0.4, 0.5) is 0 Å². The van der Waals surface area contributed by atoms with E-state index in [4.69, 9.17) is 0 Å². The van der Waals surface area contributed by atoms with Gasteiger partial charge in [-0.1, -0.05) is 46.0 Å². The van der Waals surface area contributed by atoms with E-state index >= 15 is 0 Å². The third-order valence-electron chi connectivity index (χ3n) is 5.66. The minimum atomic E-state index is -0.366. The Bertz CT molecular complexity index is 733. The second-order valence-corrected chi connectivity index (χ2v) is 7.55. The molecule has 6 nitrogen and oxygen atoms in total. The number of aromatic nitrogens is 4. The van der Waals surface area contributed by atoms with Crippen LogP contribution < -0.4 is 0 Å². The van der Waals surface area contributed by atoms with E-state index in [-0.39, 0.29) is 17.4 Å². The molecule has 2 atom stereocenters. The van der Waals surface area contributed by atoms with Gasteiger partial charge in [-0.25, -0.2) is 4.52 Å². The predicted octanol–water partition coefficient (Wildman–Crippen LogP) is 3.81. The third-order valence-corrected chi connectivity index (χ3v) is 5.66. The van der Waals surface area contributed by atoms with Crippen molar-refractivity contribution in [3.05, 3.63) is 17.6 Å². The van der Waals surface area contributed by atoms with E-state index in [0.29, 0.717) is 0 Å². The minimum absolute atomic E-state index is 0.0113. The van der Waals surface area contributed by atoms with E-state index in [2.05, 4.69) is 36.1 Å². The molecule has 2 aromatic heterocycles. The number of H-pyrrole nitrogens is 1. The summed E-state index contributed by atoms with van der Waals surface area (Å²) in [6.45, 7) is 9.36. The molecule has 138 valence electrons. The molecular formula is C19H31N5O. The van der Waals surface area contributed by atoms with Crippen LogP contribution in [0.25, 0.3) is 5.65 Å². The van der Waals surface area contributed by atoms with Crippen molar-refractivity contribution in [1.29, 1.82) is 0 Å². The number of unbranched alkanes of at least 4 members (excludes halogenated alkanes) is 4. The number of aryl methyl sites for hydroxylation is 1. The van der Waals surface area contributed by atoms with Crippen molar-refractivity contribution in [2.24, 2.45) is 5.92 Å². The Labute approximate surface area is 150 Å². The molecule has 25 heavy (non-hydrogen) atoms. The Kier molecular flexibility index (Phi) is 5.16. The second kappa shape index (κ2) is 7.18. The van der Waals surface area contributed by atoms with Crippen LogP contribution in [0, 0.1) is 12.8 Å². The average molecular weight is 345 g/mol. The highest BCUT2D eigenvalue weighted by molar-refractivity contribution is 5.88. The molecule has 3 heterocycles. The molecular weight excluding hydrogens is 314 g/mol. The second-order valence-electron chi connectivity index (χ2n) is 7.55. The number of aromatic amines is 1. The summed E-state index contributed by atoms with van der Waals surface area (Å²) in [7, 11) is 0. The smallest absolute Gasteiger partial charge is 0.229 e. The van der Waals surface area contributed by atoms with Gasteiger partial charge in [0.2, 0.25) is 5.91 Å². The summed E-state index contributed by atoms with van der Waals surface area (Å²) < 4.78 is 1.96. The largest absolute Gasteiger partial charge is 0.329 e. The first-order valence-corrected chi connectivity index (χ1v) is 9.76. The number of nitrogens with zero attached hydrogens (tertiary/aromatic N) is 4. The number of likely N-dealkylation sites (tertiary alicyclic amines) is 1. The summed E-state index contributed by atoms with van der Waals surface area (Å²) >= 11 is 0. The van der Waals surface area contributed by atoms with Gasteiger partial charge in [-0.2, -0.15) is 0 Å². The number of carbonyl (C=O) groups is 1. The van der Waals surface area contributed by atoms with Crippen LogP contribution in [0.1, 0.15) is 77.2 Å². The van der Waals surface area contributed by atoms with Crippen molar-refractivity contribution in [2.45, 2.75) is 78.2 Å². The lowest BCUT2D eigenvalue weighted by atomic mass is 9.71. The molecule has 0 aliphatic carbocycles. The molecule has 1 amide bonds. The maximum atomic E-state index is 12.8. The number of nitrogens with one attached hydrogen (secondary N) is 1. The number of fused-ring (bicyclic) bond motifs is 1. The molecule has 1 aliphatic rings. The molecule has 1 saturated heterocycles. The average Bonchev–Trinajstić information content (AvgIpc) is 3.13. The summed E-state index contributed by atoms with van der Waals surface area (Å²) in [5, 5.41) is 12.1. The monoisotopic (exact) mass is 345 g/mol. The first-order chi connectivity index (χ1) is 12.0. The fourth-order valence-corrected chi connectivity index (χ4v) is 4.12. The van der Waals surface area contributed by atoms with Crippen molar-refractivity contribution in [2.75, 3.05) is 6.54 Å². The number of rotatable bonds is 9. The van der Waals surface area contributed by atoms with Crippen molar-refractivity contribution in [3.63, 3.8) is 0 Å². The first kappa shape index (κ1) is 18.0. The third kappa shape index (κ3) is 2.96. The van der Waals surface area contributed by atoms with Gasteiger partial charge < -0.3 is 4.90 Å². The lowest BCUT2D eigenvalue weighted by Gasteiger charge is -2.55. The van der Waals surface area contributed by atoms with Crippen LogP contribution in [-0.2, 0) is 10.3 Å². The van der Waals surface area contributed by atoms with Crippen LogP contribution in [0.15, 0.2) is 6.07 Å². The van der Waals surface area contributed by atoms with Gasteiger partial charge in [-0.05, 0) is 26.7 Å². The molecule has 0 saturated carbocycles. The van der Waals surface area contributed by atoms with E-state index < -0.39 is 0 Å². The molecule has 1 fully saturated rings. The van der Waals surface area contributed by atoms with Gasteiger partial charge in [0.25, 0.3) is 0 Å². The normalized spacial score (nSPS) is 23.4. The zero-order chi connectivity index (χ0) is 18.0. The van der Waals surface area contributed by atoms with Crippen molar-refractivity contribution < 1.29 is 4.79 Å². The topological polar surface area (TPSA) is 66.3 Å². The quantitative estimate of drug-likeness (QED) is 0.555. The molecule has 1 N–H and O–H groups in total. The summed E-state index contributed by atoms with van der Waals surface area (Å²) in [6.07, 6.45) is 7.79. The number of β-lactam (4-membered cyclic amide) rings is 1. The van der Waals surface area contributed by atoms with E-state index in [9.17, 15) is 4.79 Å². The first-order valence-electron chi connectivity index (χ1n) is 9.76. The van der Waals surface area contributed by atoms with Gasteiger partial charge in [0.1, 0.15) is 5.54 Å². The minimum Gasteiger partial charge on any atom is -0.329 e. The van der Waals surface area contributed by atoms with Crippen molar-refractivity contribution >= 4 is 11.6 Å². The highest BCUT2D eigenvalue weighted by Gasteiger charge is 2.59. The maximum absolute atomic E-state index is 12.8. The number of carbonyl (C=O) groups excluding carboxylic acids is 1. The fraction of sp³-hybridized carbons (Fsp3) is 0.737. The van der Waals surface area contributed by atoms with E-state index in [1.807, 2.05) is 22.4 Å². The molecule has 6 heteroatoms. The van der Waals surface area contributed by atoms with Crippen LogP contribution in [0.5, 0.6) is 0 Å². The summed E-state index contributed by atoms with van der Waals surface area (Å²) in [4.78, 5) is 14.9. The van der Waals surface area contributed by atoms with Crippen molar-refractivity contribution in [3.8, 4) is 0 Å². The van der Waals surface area contributed by atoms with Crippen LogP contribution in [0.2, 0.25) is 0 Å². The number of amides is 1. The van der Waals surface area contributed by atoms with Gasteiger partial charge in [0.05, 0.1) is 5.92 Å². The lowest BCUT2D eigenvalue weighted by molar-refractivity contribution is -0.173. The number of hydrogen-bond donors (Lipinski definition) is 1. The van der Waals surface area contributed by atoms with Crippen LogP contribution in [0.3, 0.4) is 0 Å². The maximum Gasteiger partial charge on any atom is 0.229 e. The molecule has 0 radical (unpaired) electrons. The zero-order valence-electron chi connectivity index (χ0n) is 16.0. The van der Waals surface area contributed by atoms with Gasteiger partial charge in [0.15, 0.2) is 11.5 Å². The predicted molar refractivity (Wildman–Crippen MR) is 98.3 cm³/mol. The standard InChI is InChI=1S/C19H31N5O/c1-5-7-9-10-11-15-17(25)23(12-8-6-2)19(15,4)18-21-20-16-13-14(3)22-24(16)18/h13,15,22H,5-12H2,1-4H3. The highest BCUT2D eigenvalue weighted by atomic mass is 16.2. The molecule has 0 spiro atoms. The molecule has 3 rings (SSSR count). The van der Waals surface area contributed by atoms with Gasteiger partial charge >= 0.3 is 0 Å². The Morgan fingerprint density at radius 1 is 1.16 bits per heavy atom. The van der Waals surface area contributed by atoms with Gasteiger partial charge in [-0.15, -0.1) is 10.2 Å². The van der Waals surface area contributed by atoms with Gasteiger partial charge in [0, 0.05) is 18.3 Å². The van der Waals surface area contributed by atoms with E-state index in [1.54, 1.807) is 0 Å². The van der Waals surface area contributed by atoms with Crippen LogP contribution in [-0.4, -0.2) is 37.2 Å². The molecule has 2 unspecified atom stereocenters. The SMILES string of the molecule is CCCCCCC1C(=O)N(CCCC)C1(C)c1nnc2cc(C)[nH]n12. The summed E-state index contributed by atoms with van der Waals surface area (Å²) in [5.41, 5.74) is 1.52. The zero-order valence-corrected chi connectivity index (χ0v) is 16.0. The van der Waals surface area contributed by atoms with Gasteiger partial charge in [-0.3, -0.25) is 9.89 Å². The summed E-state index contributed by atoms with van der Waals surface area (Å²) in [6, 6.07) is 1.99. The van der Waals surface area contributed by atoms with Crippen LogP contribution >= 0.6 is 0 Å². The highest BCUT2D eigenvalue weighted by Crippen LogP contribution is 2.47. The summed E-state index contributed by atoms with van der Waals surface area (Å²) in [5.74, 6) is 1.16. The Morgan fingerprint density at radius 2 is 1.92 bits per heavy atom.